The standard InChI is InChI=1S/C12H17NO/c1-3-14-12-8-9(2)13-11-7-5-4-6-10(11)12/h4-7,9,12-13H,3,8H2,1-2H3. The van der Waals surface area contributed by atoms with E-state index in [1.165, 1.54) is 11.3 Å². The van der Waals surface area contributed by atoms with Crippen LogP contribution in [0.25, 0.3) is 0 Å². The first kappa shape index (κ1) is 9.53. The van der Waals surface area contributed by atoms with Crippen LogP contribution >= 0.6 is 0 Å². The van der Waals surface area contributed by atoms with Gasteiger partial charge in [-0.2, -0.15) is 0 Å². The number of nitrogens with one attached hydrogen (secondary N) is 1. The highest BCUT2D eigenvalue weighted by molar-refractivity contribution is 5.54. The summed E-state index contributed by atoms with van der Waals surface area (Å²) in [6.07, 6.45) is 1.33. The molecule has 0 aromatic heterocycles. The molecule has 1 aromatic carbocycles. The largest absolute Gasteiger partial charge is 0.382 e. The first-order valence-corrected chi connectivity index (χ1v) is 5.28. The second-order valence-electron chi connectivity index (χ2n) is 3.81. The smallest absolute Gasteiger partial charge is 0.0864 e. The summed E-state index contributed by atoms with van der Waals surface area (Å²) in [5.74, 6) is 0. The summed E-state index contributed by atoms with van der Waals surface area (Å²) in [4.78, 5) is 0. The summed E-state index contributed by atoms with van der Waals surface area (Å²) in [5.41, 5.74) is 2.53. The lowest BCUT2D eigenvalue weighted by Gasteiger charge is -2.31. The van der Waals surface area contributed by atoms with Gasteiger partial charge < -0.3 is 10.1 Å². The second-order valence-corrected chi connectivity index (χ2v) is 3.81. The van der Waals surface area contributed by atoms with Crippen molar-refractivity contribution < 1.29 is 4.74 Å². The fraction of sp³-hybridized carbons (Fsp3) is 0.500. The van der Waals surface area contributed by atoms with Crippen LogP contribution in [0.3, 0.4) is 0 Å². The Morgan fingerprint density at radius 1 is 1.43 bits per heavy atom. The van der Waals surface area contributed by atoms with E-state index in [0.29, 0.717) is 6.04 Å². The summed E-state index contributed by atoms with van der Waals surface area (Å²) in [6.45, 7) is 5.03. The Labute approximate surface area is 85.3 Å². The van der Waals surface area contributed by atoms with Crippen molar-refractivity contribution in [2.75, 3.05) is 11.9 Å². The van der Waals surface area contributed by atoms with Gasteiger partial charge in [-0.1, -0.05) is 18.2 Å². The van der Waals surface area contributed by atoms with Crippen LogP contribution in [0.1, 0.15) is 31.9 Å². The zero-order valence-electron chi connectivity index (χ0n) is 8.79. The molecule has 0 spiro atoms. The first-order chi connectivity index (χ1) is 6.81. The van der Waals surface area contributed by atoms with Gasteiger partial charge in [-0.05, 0) is 26.3 Å². The minimum Gasteiger partial charge on any atom is -0.382 e. The summed E-state index contributed by atoms with van der Waals surface area (Å²) in [6, 6.07) is 8.91. The van der Waals surface area contributed by atoms with Gasteiger partial charge in [0.2, 0.25) is 0 Å². The van der Waals surface area contributed by atoms with E-state index in [4.69, 9.17) is 4.74 Å². The Morgan fingerprint density at radius 3 is 3.00 bits per heavy atom. The monoisotopic (exact) mass is 191 g/mol. The molecular formula is C12H17NO. The van der Waals surface area contributed by atoms with Crippen LogP contribution < -0.4 is 5.32 Å². The zero-order valence-corrected chi connectivity index (χ0v) is 8.79. The van der Waals surface area contributed by atoms with Crippen LogP contribution in [0.15, 0.2) is 24.3 Å². The van der Waals surface area contributed by atoms with Gasteiger partial charge in [-0.3, -0.25) is 0 Å². The van der Waals surface area contributed by atoms with E-state index < -0.39 is 0 Å². The molecule has 0 aliphatic carbocycles. The second kappa shape index (κ2) is 4.01. The fourth-order valence-electron chi connectivity index (χ4n) is 2.04. The molecule has 0 radical (unpaired) electrons. The van der Waals surface area contributed by atoms with Crippen molar-refractivity contribution in [1.82, 2.24) is 0 Å². The molecule has 1 aliphatic rings. The Hall–Kier alpha value is -1.02. The van der Waals surface area contributed by atoms with Crippen molar-refractivity contribution in [3.05, 3.63) is 29.8 Å². The molecule has 0 saturated heterocycles. The summed E-state index contributed by atoms with van der Waals surface area (Å²) in [7, 11) is 0. The average molecular weight is 191 g/mol. The Kier molecular flexibility index (Phi) is 2.73. The summed E-state index contributed by atoms with van der Waals surface area (Å²) >= 11 is 0. The fourth-order valence-corrected chi connectivity index (χ4v) is 2.04. The van der Waals surface area contributed by atoms with E-state index in [9.17, 15) is 0 Å². The number of rotatable bonds is 2. The molecule has 0 amide bonds. The molecule has 1 aromatic rings. The van der Waals surface area contributed by atoms with E-state index in [-0.39, 0.29) is 6.10 Å². The highest BCUT2D eigenvalue weighted by atomic mass is 16.5. The van der Waals surface area contributed by atoms with E-state index in [0.717, 1.165) is 13.0 Å². The van der Waals surface area contributed by atoms with Crippen LogP contribution in [0.2, 0.25) is 0 Å². The van der Waals surface area contributed by atoms with Crippen LogP contribution in [-0.4, -0.2) is 12.6 Å². The van der Waals surface area contributed by atoms with Crippen LogP contribution in [-0.2, 0) is 4.74 Å². The Balaban J connectivity index is 2.28. The van der Waals surface area contributed by atoms with Crippen LogP contribution in [0.5, 0.6) is 0 Å². The molecule has 1 heterocycles. The highest BCUT2D eigenvalue weighted by Crippen LogP contribution is 2.34. The van der Waals surface area contributed by atoms with Gasteiger partial charge >= 0.3 is 0 Å². The predicted octanol–water partition coefficient (Wildman–Crippen LogP) is 2.97. The summed E-state index contributed by atoms with van der Waals surface area (Å²) in [5, 5.41) is 3.47. The lowest BCUT2D eigenvalue weighted by Crippen LogP contribution is -2.26. The molecule has 2 heteroatoms. The molecule has 76 valence electrons. The highest BCUT2D eigenvalue weighted by Gasteiger charge is 2.23. The van der Waals surface area contributed by atoms with Gasteiger partial charge in [0.05, 0.1) is 6.10 Å². The minimum absolute atomic E-state index is 0.271. The van der Waals surface area contributed by atoms with Crippen molar-refractivity contribution in [3.8, 4) is 0 Å². The molecule has 1 aliphatic heterocycles. The number of para-hydroxylation sites is 1. The molecular weight excluding hydrogens is 174 g/mol. The SMILES string of the molecule is CCOC1CC(C)Nc2ccccc21. The number of fused-ring (bicyclic) bond motifs is 1. The van der Waals surface area contributed by atoms with E-state index in [2.05, 4.69) is 43.4 Å². The van der Waals surface area contributed by atoms with Gasteiger partial charge in [0.25, 0.3) is 0 Å². The molecule has 2 unspecified atom stereocenters. The van der Waals surface area contributed by atoms with Gasteiger partial charge in [0, 0.05) is 23.9 Å². The molecule has 2 rings (SSSR count). The van der Waals surface area contributed by atoms with Crippen LogP contribution in [0, 0.1) is 0 Å². The number of hydrogen-bond donors (Lipinski definition) is 1. The predicted molar refractivity (Wildman–Crippen MR) is 58.5 cm³/mol. The van der Waals surface area contributed by atoms with Gasteiger partial charge in [-0.25, -0.2) is 0 Å². The molecule has 1 N–H and O–H groups in total. The number of hydrogen-bond acceptors (Lipinski definition) is 2. The molecule has 2 nitrogen and oxygen atoms in total. The normalized spacial score (nSPS) is 25.3. The van der Waals surface area contributed by atoms with E-state index in [1.807, 2.05) is 0 Å². The quantitative estimate of drug-likeness (QED) is 0.776. The maximum absolute atomic E-state index is 5.74. The van der Waals surface area contributed by atoms with E-state index >= 15 is 0 Å². The average Bonchev–Trinajstić information content (AvgIpc) is 2.18. The number of anilines is 1. The minimum atomic E-state index is 0.271. The molecule has 14 heavy (non-hydrogen) atoms. The third-order valence-corrected chi connectivity index (χ3v) is 2.65. The Bertz CT molecular complexity index is 311. The third kappa shape index (κ3) is 1.75. The van der Waals surface area contributed by atoms with Crippen molar-refractivity contribution in [2.24, 2.45) is 0 Å². The number of ether oxygens (including phenoxy) is 1. The van der Waals surface area contributed by atoms with Crippen molar-refractivity contribution in [3.63, 3.8) is 0 Å². The molecule has 0 saturated carbocycles. The lowest BCUT2D eigenvalue weighted by molar-refractivity contribution is 0.0512. The Morgan fingerprint density at radius 2 is 2.21 bits per heavy atom. The molecule has 0 bridgehead atoms. The maximum atomic E-state index is 5.74. The van der Waals surface area contributed by atoms with Crippen molar-refractivity contribution in [2.45, 2.75) is 32.4 Å². The van der Waals surface area contributed by atoms with Crippen LogP contribution in [0.4, 0.5) is 5.69 Å². The zero-order chi connectivity index (χ0) is 9.97. The van der Waals surface area contributed by atoms with Gasteiger partial charge in [0.1, 0.15) is 0 Å². The topological polar surface area (TPSA) is 21.3 Å². The molecule has 0 fully saturated rings. The first-order valence-electron chi connectivity index (χ1n) is 5.28. The van der Waals surface area contributed by atoms with E-state index in [1.54, 1.807) is 0 Å². The third-order valence-electron chi connectivity index (χ3n) is 2.65. The van der Waals surface area contributed by atoms with Crippen molar-refractivity contribution >= 4 is 5.69 Å². The van der Waals surface area contributed by atoms with Gasteiger partial charge in [0.15, 0.2) is 0 Å². The maximum Gasteiger partial charge on any atom is 0.0864 e. The van der Waals surface area contributed by atoms with Crippen molar-refractivity contribution in [1.29, 1.82) is 0 Å². The number of benzene rings is 1. The van der Waals surface area contributed by atoms with Gasteiger partial charge in [-0.15, -0.1) is 0 Å². The molecule has 2 atom stereocenters. The summed E-state index contributed by atoms with van der Waals surface area (Å²) < 4.78 is 5.74. The lowest BCUT2D eigenvalue weighted by atomic mass is 9.96.